The molecule has 0 radical (unpaired) electrons. The second-order valence-electron chi connectivity index (χ2n) is 3.37. The molecule has 6 nitrogen and oxygen atoms in total. The molecule has 0 aliphatic rings. The average molecular weight is 280 g/mol. The van der Waals surface area contributed by atoms with E-state index in [0.29, 0.717) is 5.01 Å². The number of sulfonamides is 1. The molecule has 1 aromatic heterocycles. The van der Waals surface area contributed by atoms with Gasteiger partial charge in [0, 0.05) is 0 Å². The summed E-state index contributed by atoms with van der Waals surface area (Å²) in [5, 5.41) is 17.0. The lowest BCUT2D eigenvalue weighted by Gasteiger charge is -2.04. The van der Waals surface area contributed by atoms with Gasteiger partial charge in [0.15, 0.2) is 0 Å². The molecule has 0 fully saturated rings. The van der Waals surface area contributed by atoms with Crippen molar-refractivity contribution in [3.05, 3.63) is 34.8 Å². The molecule has 0 saturated carbocycles. The van der Waals surface area contributed by atoms with E-state index in [1.807, 2.05) is 6.07 Å². The van der Waals surface area contributed by atoms with Gasteiger partial charge >= 0.3 is 0 Å². The van der Waals surface area contributed by atoms with Crippen LogP contribution in [-0.2, 0) is 10.0 Å². The topological polar surface area (TPSA) is 95.7 Å². The van der Waals surface area contributed by atoms with Crippen molar-refractivity contribution >= 4 is 26.5 Å². The monoisotopic (exact) mass is 280 g/mol. The van der Waals surface area contributed by atoms with Gasteiger partial charge in [-0.25, -0.2) is 8.42 Å². The van der Waals surface area contributed by atoms with Crippen molar-refractivity contribution in [1.29, 1.82) is 5.26 Å². The SMILES string of the molecule is Cc1nnc(NS(=O)(=O)c2cccc(C#N)c2)s1. The summed E-state index contributed by atoms with van der Waals surface area (Å²) < 4.78 is 26.3. The Balaban J connectivity index is 2.34. The van der Waals surface area contributed by atoms with Crippen LogP contribution in [0.15, 0.2) is 29.2 Å². The molecule has 0 bridgehead atoms. The maximum absolute atomic E-state index is 12.0. The zero-order chi connectivity index (χ0) is 13.2. The molecule has 1 heterocycles. The van der Waals surface area contributed by atoms with E-state index in [0.717, 1.165) is 11.3 Å². The molecule has 18 heavy (non-hydrogen) atoms. The minimum Gasteiger partial charge on any atom is -0.253 e. The van der Waals surface area contributed by atoms with E-state index in [2.05, 4.69) is 14.9 Å². The highest BCUT2D eigenvalue weighted by Gasteiger charge is 2.16. The predicted molar refractivity (Wildman–Crippen MR) is 66.6 cm³/mol. The maximum atomic E-state index is 12.0. The predicted octanol–water partition coefficient (Wildman–Crippen LogP) is 1.52. The molecule has 0 saturated heterocycles. The van der Waals surface area contributed by atoms with E-state index in [-0.39, 0.29) is 15.6 Å². The minimum absolute atomic E-state index is 0.0226. The van der Waals surface area contributed by atoms with Crippen molar-refractivity contribution in [2.45, 2.75) is 11.8 Å². The Labute approximate surface area is 108 Å². The first-order valence-electron chi connectivity index (χ1n) is 4.84. The van der Waals surface area contributed by atoms with Crippen LogP contribution in [0.4, 0.5) is 5.13 Å². The van der Waals surface area contributed by atoms with Gasteiger partial charge in [-0.05, 0) is 25.1 Å². The van der Waals surface area contributed by atoms with Gasteiger partial charge in [0.1, 0.15) is 5.01 Å². The molecule has 0 aliphatic carbocycles. The highest BCUT2D eigenvalue weighted by Crippen LogP contribution is 2.19. The fourth-order valence-corrected chi connectivity index (χ4v) is 3.11. The van der Waals surface area contributed by atoms with E-state index in [1.165, 1.54) is 24.3 Å². The fourth-order valence-electron chi connectivity index (χ4n) is 1.24. The largest absolute Gasteiger partial charge is 0.263 e. The number of nitriles is 1. The summed E-state index contributed by atoms with van der Waals surface area (Å²) in [7, 11) is -3.73. The van der Waals surface area contributed by atoms with Crippen molar-refractivity contribution in [1.82, 2.24) is 10.2 Å². The Kier molecular flexibility index (Phi) is 3.27. The van der Waals surface area contributed by atoms with Crippen molar-refractivity contribution in [2.75, 3.05) is 4.72 Å². The van der Waals surface area contributed by atoms with Crippen LogP contribution in [0.2, 0.25) is 0 Å². The van der Waals surface area contributed by atoms with Crippen LogP contribution < -0.4 is 4.72 Å². The molecule has 0 spiro atoms. The summed E-state index contributed by atoms with van der Waals surface area (Å²) in [6, 6.07) is 7.65. The quantitative estimate of drug-likeness (QED) is 0.919. The second-order valence-corrected chi connectivity index (χ2v) is 6.24. The zero-order valence-electron chi connectivity index (χ0n) is 9.28. The molecule has 0 atom stereocenters. The van der Waals surface area contributed by atoms with Gasteiger partial charge in [-0.1, -0.05) is 17.4 Å². The van der Waals surface area contributed by atoms with E-state index < -0.39 is 10.0 Å². The summed E-state index contributed by atoms with van der Waals surface area (Å²) in [5.41, 5.74) is 0.284. The number of rotatable bonds is 3. The lowest BCUT2D eigenvalue weighted by molar-refractivity contribution is 0.601. The van der Waals surface area contributed by atoms with Crippen molar-refractivity contribution in [3.8, 4) is 6.07 Å². The van der Waals surface area contributed by atoms with Crippen LogP contribution >= 0.6 is 11.3 Å². The Morgan fingerprint density at radius 2 is 2.17 bits per heavy atom. The Morgan fingerprint density at radius 3 is 2.78 bits per heavy atom. The second kappa shape index (κ2) is 4.72. The third-order valence-corrected chi connectivity index (χ3v) is 4.24. The maximum Gasteiger partial charge on any atom is 0.263 e. The number of benzene rings is 1. The van der Waals surface area contributed by atoms with Gasteiger partial charge in [-0.15, -0.1) is 10.2 Å². The molecule has 0 amide bonds. The smallest absolute Gasteiger partial charge is 0.253 e. The van der Waals surface area contributed by atoms with Gasteiger partial charge in [-0.2, -0.15) is 5.26 Å². The normalized spacial score (nSPS) is 10.9. The standard InChI is InChI=1S/C10H8N4O2S2/c1-7-12-13-10(17-7)14-18(15,16)9-4-2-3-8(5-9)6-11/h2-5H,1H3,(H,13,14). The van der Waals surface area contributed by atoms with E-state index >= 15 is 0 Å². The fraction of sp³-hybridized carbons (Fsp3) is 0.100. The van der Waals surface area contributed by atoms with Gasteiger partial charge in [-0.3, -0.25) is 4.72 Å². The summed E-state index contributed by atoms with van der Waals surface area (Å²) in [5.74, 6) is 0. The molecule has 1 aromatic carbocycles. The van der Waals surface area contributed by atoms with Crippen molar-refractivity contribution in [3.63, 3.8) is 0 Å². The third kappa shape index (κ3) is 2.64. The molecule has 8 heteroatoms. The summed E-state index contributed by atoms with van der Waals surface area (Å²) in [6.45, 7) is 1.73. The highest BCUT2D eigenvalue weighted by molar-refractivity contribution is 7.93. The van der Waals surface area contributed by atoms with Crippen LogP contribution in [0.1, 0.15) is 10.6 Å². The molecule has 92 valence electrons. The van der Waals surface area contributed by atoms with E-state index in [4.69, 9.17) is 5.26 Å². The molecule has 2 rings (SSSR count). The Bertz CT molecular complexity index is 715. The molecule has 0 unspecified atom stereocenters. The third-order valence-electron chi connectivity index (χ3n) is 2.02. The number of anilines is 1. The Hall–Kier alpha value is -1.98. The summed E-state index contributed by atoms with van der Waals surface area (Å²) in [6.07, 6.45) is 0. The van der Waals surface area contributed by atoms with Gasteiger partial charge < -0.3 is 0 Å². The van der Waals surface area contributed by atoms with E-state index in [1.54, 1.807) is 6.92 Å². The van der Waals surface area contributed by atoms with Gasteiger partial charge in [0.25, 0.3) is 10.0 Å². The van der Waals surface area contributed by atoms with Crippen LogP contribution in [0.5, 0.6) is 0 Å². The lowest BCUT2D eigenvalue weighted by Crippen LogP contribution is -2.12. The summed E-state index contributed by atoms with van der Waals surface area (Å²) >= 11 is 1.14. The van der Waals surface area contributed by atoms with E-state index in [9.17, 15) is 8.42 Å². The number of hydrogen-bond donors (Lipinski definition) is 1. The first-order chi connectivity index (χ1) is 8.51. The van der Waals surface area contributed by atoms with Gasteiger partial charge in [0.2, 0.25) is 5.13 Å². The minimum atomic E-state index is -3.73. The highest BCUT2D eigenvalue weighted by atomic mass is 32.2. The molecule has 2 aromatic rings. The van der Waals surface area contributed by atoms with Crippen LogP contribution in [0.25, 0.3) is 0 Å². The molecule has 1 N–H and O–H groups in total. The number of nitrogens with one attached hydrogen (secondary N) is 1. The molecular formula is C10H8N4O2S2. The number of nitrogens with zero attached hydrogens (tertiary/aromatic N) is 3. The lowest BCUT2D eigenvalue weighted by atomic mass is 10.2. The first-order valence-corrected chi connectivity index (χ1v) is 7.14. The van der Waals surface area contributed by atoms with Crippen molar-refractivity contribution < 1.29 is 8.42 Å². The van der Waals surface area contributed by atoms with Gasteiger partial charge in [0.05, 0.1) is 16.5 Å². The molecule has 0 aliphatic heterocycles. The summed E-state index contributed by atoms with van der Waals surface area (Å²) in [4.78, 5) is 0.0226. The average Bonchev–Trinajstić information content (AvgIpc) is 2.74. The first kappa shape index (κ1) is 12.5. The number of aryl methyl sites for hydroxylation is 1. The Morgan fingerprint density at radius 1 is 1.39 bits per heavy atom. The van der Waals surface area contributed by atoms with Crippen LogP contribution in [0, 0.1) is 18.3 Å². The van der Waals surface area contributed by atoms with Crippen molar-refractivity contribution in [2.24, 2.45) is 0 Å². The molecular weight excluding hydrogens is 272 g/mol. The van der Waals surface area contributed by atoms with Crippen LogP contribution in [-0.4, -0.2) is 18.6 Å². The number of aromatic nitrogens is 2. The zero-order valence-corrected chi connectivity index (χ0v) is 10.9. The van der Waals surface area contributed by atoms with Crippen LogP contribution in [0.3, 0.4) is 0 Å². The number of hydrogen-bond acceptors (Lipinski definition) is 6.